The zero-order valence-corrected chi connectivity index (χ0v) is 21.3. The molecule has 0 saturated heterocycles. The maximum absolute atomic E-state index is 6.72. The lowest BCUT2D eigenvalue weighted by Gasteiger charge is -2.39. The first-order valence-corrected chi connectivity index (χ1v) is 12.9. The first kappa shape index (κ1) is 22.5. The van der Waals surface area contributed by atoms with Crippen LogP contribution >= 0.6 is 11.8 Å². The van der Waals surface area contributed by atoms with Crippen molar-refractivity contribution in [2.75, 3.05) is 25.8 Å². The number of rotatable bonds is 5. The number of methoxy groups -OCH3 is 2. The van der Waals surface area contributed by atoms with Crippen LogP contribution in [0.4, 0.5) is 5.95 Å². The number of hydrogen-bond donors (Lipinski definition) is 1. The third-order valence-corrected chi connectivity index (χ3v) is 7.18. The number of anilines is 1. The summed E-state index contributed by atoms with van der Waals surface area (Å²) in [4.78, 5) is 4.77. The van der Waals surface area contributed by atoms with Gasteiger partial charge in [-0.1, -0.05) is 59.8 Å². The maximum Gasteiger partial charge on any atom is 0.227 e. The zero-order chi connectivity index (χ0) is 24.8. The fraction of sp³-hybridized carbons (Fsp3) is 0.214. The lowest BCUT2D eigenvalue weighted by Crippen LogP contribution is -2.32. The molecular formula is C28H26N4O3S. The average molecular weight is 499 g/mol. The molecule has 0 bridgehead atoms. The number of benzene rings is 3. The normalized spacial score (nSPS) is 17.9. The quantitative estimate of drug-likeness (QED) is 0.344. The molecular weight excluding hydrogens is 472 g/mol. The van der Waals surface area contributed by atoms with Crippen LogP contribution in [0, 0.1) is 6.92 Å². The fourth-order valence-electron chi connectivity index (χ4n) is 4.90. The van der Waals surface area contributed by atoms with Gasteiger partial charge in [0.1, 0.15) is 17.9 Å². The Balaban J connectivity index is 1.61. The Morgan fingerprint density at radius 2 is 1.69 bits per heavy atom. The number of fused-ring (bicyclic) bond motifs is 3. The molecule has 0 aliphatic carbocycles. The highest BCUT2D eigenvalue weighted by Crippen LogP contribution is 2.51. The molecule has 1 aromatic heterocycles. The molecule has 3 aromatic carbocycles. The van der Waals surface area contributed by atoms with E-state index in [1.807, 2.05) is 47.3 Å². The summed E-state index contributed by atoms with van der Waals surface area (Å²) in [7, 11) is 3.28. The van der Waals surface area contributed by atoms with E-state index in [-0.39, 0.29) is 12.1 Å². The number of hydrogen-bond acceptors (Lipinski definition) is 7. The van der Waals surface area contributed by atoms with Gasteiger partial charge in [-0.05, 0) is 43.0 Å². The highest BCUT2D eigenvalue weighted by molar-refractivity contribution is 7.98. The van der Waals surface area contributed by atoms with Crippen LogP contribution in [0.5, 0.6) is 17.2 Å². The molecule has 0 unspecified atom stereocenters. The van der Waals surface area contributed by atoms with Crippen molar-refractivity contribution in [2.24, 2.45) is 0 Å². The third-order valence-electron chi connectivity index (χ3n) is 6.65. The Morgan fingerprint density at radius 3 is 2.44 bits per heavy atom. The molecule has 0 radical (unpaired) electrons. The standard InChI is InChI=1S/C28H26N4O3S/c1-16-9-11-17(12-10-16)25-23-24(29-27-30-28(36-4)31-32(25)27)19-7-5-6-8-20(19)35-26(23)18-13-14-21(33-2)22(15-18)34-3/h5-15,25-26H,1-4H3,(H,29,30,31)/t25-,26+/m0/s1. The molecule has 0 spiro atoms. The molecule has 4 aromatic rings. The Labute approximate surface area is 214 Å². The average Bonchev–Trinajstić information content (AvgIpc) is 3.34. The predicted octanol–water partition coefficient (Wildman–Crippen LogP) is 5.89. The second-order valence-electron chi connectivity index (χ2n) is 8.74. The molecule has 2 aliphatic rings. The van der Waals surface area contributed by atoms with Crippen LogP contribution in [-0.4, -0.2) is 35.2 Å². The van der Waals surface area contributed by atoms with E-state index < -0.39 is 0 Å². The van der Waals surface area contributed by atoms with E-state index in [2.05, 4.69) is 42.6 Å². The Hall–Kier alpha value is -3.91. The summed E-state index contributed by atoms with van der Waals surface area (Å²) in [6.45, 7) is 2.09. The van der Waals surface area contributed by atoms with Crippen molar-refractivity contribution in [2.45, 2.75) is 24.2 Å². The van der Waals surface area contributed by atoms with E-state index in [0.29, 0.717) is 22.6 Å². The summed E-state index contributed by atoms with van der Waals surface area (Å²) >= 11 is 1.52. The minimum absolute atomic E-state index is 0.211. The molecule has 8 heteroatoms. The molecule has 1 N–H and O–H groups in total. The summed E-state index contributed by atoms with van der Waals surface area (Å²) in [5.74, 6) is 2.85. The van der Waals surface area contributed by atoms with E-state index in [0.717, 1.165) is 33.7 Å². The molecule has 6 rings (SSSR count). The lowest BCUT2D eigenvalue weighted by molar-refractivity contribution is 0.222. The number of para-hydroxylation sites is 1. The van der Waals surface area contributed by atoms with E-state index in [1.165, 1.54) is 17.3 Å². The second kappa shape index (κ2) is 8.95. The van der Waals surface area contributed by atoms with Crippen molar-refractivity contribution in [3.05, 3.63) is 94.6 Å². The van der Waals surface area contributed by atoms with Crippen LogP contribution in [0.1, 0.15) is 34.4 Å². The molecule has 0 saturated carbocycles. The fourth-order valence-corrected chi connectivity index (χ4v) is 5.25. The summed E-state index contributed by atoms with van der Waals surface area (Å²) in [5.41, 5.74) is 6.34. The SMILES string of the molecule is COc1ccc([C@H]2Oc3ccccc3C3=C2[C@H](c2ccc(C)cc2)n2nc(SC)nc2N3)cc1OC. The van der Waals surface area contributed by atoms with Gasteiger partial charge in [0.2, 0.25) is 11.1 Å². The highest BCUT2D eigenvalue weighted by atomic mass is 32.2. The van der Waals surface area contributed by atoms with Gasteiger partial charge in [0.25, 0.3) is 0 Å². The minimum Gasteiger partial charge on any atom is -0.493 e. The molecule has 2 aliphatic heterocycles. The third kappa shape index (κ3) is 3.60. The van der Waals surface area contributed by atoms with E-state index in [1.54, 1.807) is 14.2 Å². The van der Waals surface area contributed by atoms with Crippen LogP contribution in [-0.2, 0) is 0 Å². The van der Waals surface area contributed by atoms with Gasteiger partial charge < -0.3 is 19.5 Å². The van der Waals surface area contributed by atoms with Gasteiger partial charge in [0.15, 0.2) is 11.5 Å². The Morgan fingerprint density at radius 1 is 0.944 bits per heavy atom. The van der Waals surface area contributed by atoms with Gasteiger partial charge >= 0.3 is 0 Å². The number of nitrogens with one attached hydrogen (secondary N) is 1. The smallest absolute Gasteiger partial charge is 0.227 e. The van der Waals surface area contributed by atoms with E-state index >= 15 is 0 Å². The first-order chi connectivity index (χ1) is 17.6. The summed E-state index contributed by atoms with van der Waals surface area (Å²) in [5, 5.41) is 9.16. The van der Waals surface area contributed by atoms with E-state index in [9.17, 15) is 0 Å². The number of thioether (sulfide) groups is 1. The summed E-state index contributed by atoms with van der Waals surface area (Å²) < 4.78 is 19.8. The summed E-state index contributed by atoms with van der Waals surface area (Å²) in [6, 6.07) is 22.4. The molecule has 0 amide bonds. The topological polar surface area (TPSA) is 70.4 Å². The number of aryl methyl sites for hydroxylation is 1. The number of aromatic nitrogens is 3. The Bertz CT molecular complexity index is 1480. The molecule has 3 heterocycles. The van der Waals surface area contributed by atoms with E-state index in [4.69, 9.17) is 24.3 Å². The van der Waals surface area contributed by atoms with Gasteiger partial charge in [-0.2, -0.15) is 4.98 Å². The molecule has 7 nitrogen and oxygen atoms in total. The van der Waals surface area contributed by atoms with Crippen LogP contribution < -0.4 is 19.5 Å². The lowest BCUT2D eigenvalue weighted by atomic mass is 9.84. The minimum atomic E-state index is -0.386. The zero-order valence-electron chi connectivity index (χ0n) is 20.5. The molecule has 0 fully saturated rings. The van der Waals surface area contributed by atoms with Crippen LogP contribution in [0.2, 0.25) is 0 Å². The monoisotopic (exact) mass is 498 g/mol. The molecule has 2 atom stereocenters. The second-order valence-corrected chi connectivity index (χ2v) is 9.52. The predicted molar refractivity (Wildman–Crippen MR) is 141 cm³/mol. The molecule has 182 valence electrons. The van der Waals surface area contributed by atoms with Gasteiger partial charge in [0.05, 0.1) is 19.9 Å². The van der Waals surface area contributed by atoms with Gasteiger partial charge in [-0.3, -0.25) is 0 Å². The highest BCUT2D eigenvalue weighted by Gasteiger charge is 2.41. The van der Waals surface area contributed by atoms with Crippen LogP contribution in [0.25, 0.3) is 5.70 Å². The van der Waals surface area contributed by atoms with Crippen molar-refractivity contribution < 1.29 is 14.2 Å². The van der Waals surface area contributed by atoms with Gasteiger partial charge in [-0.15, -0.1) is 5.10 Å². The maximum atomic E-state index is 6.72. The van der Waals surface area contributed by atoms with Crippen LogP contribution in [0.3, 0.4) is 0 Å². The van der Waals surface area contributed by atoms with Gasteiger partial charge in [0, 0.05) is 16.7 Å². The van der Waals surface area contributed by atoms with Crippen molar-refractivity contribution in [1.82, 2.24) is 14.8 Å². The van der Waals surface area contributed by atoms with Crippen LogP contribution in [0.15, 0.2) is 77.5 Å². The van der Waals surface area contributed by atoms with Crippen molar-refractivity contribution >= 4 is 23.4 Å². The van der Waals surface area contributed by atoms with Gasteiger partial charge in [-0.25, -0.2) is 4.68 Å². The summed E-state index contributed by atoms with van der Waals surface area (Å²) in [6.07, 6.45) is 1.60. The largest absolute Gasteiger partial charge is 0.493 e. The van der Waals surface area contributed by atoms with Crippen molar-refractivity contribution in [3.63, 3.8) is 0 Å². The molecule has 36 heavy (non-hydrogen) atoms. The number of ether oxygens (including phenoxy) is 3. The van der Waals surface area contributed by atoms with Crippen molar-refractivity contribution in [1.29, 1.82) is 0 Å². The Kier molecular flexibility index (Phi) is 5.60. The number of nitrogens with zero attached hydrogens (tertiary/aromatic N) is 3. The first-order valence-electron chi connectivity index (χ1n) is 11.7. The van der Waals surface area contributed by atoms with Crippen molar-refractivity contribution in [3.8, 4) is 17.2 Å².